The number of H-pyrrole nitrogens is 1. The number of hydrogen-bond acceptors (Lipinski definition) is 5. The molecule has 0 amide bonds. The second kappa shape index (κ2) is 8.16. The van der Waals surface area contributed by atoms with Crippen molar-refractivity contribution in [1.82, 2.24) is 24.6 Å². The Morgan fingerprint density at radius 2 is 2.03 bits per heavy atom. The van der Waals surface area contributed by atoms with E-state index in [4.69, 9.17) is 4.98 Å². The number of fused-ring (bicyclic) bond motifs is 2. The van der Waals surface area contributed by atoms with E-state index in [0.29, 0.717) is 5.56 Å². The third-order valence-electron chi connectivity index (χ3n) is 5.66. The van der Waals surface area contributed by atoms with Gasteiger partial charge in [-0.2, -0.15) is 14.9 Å². The summed E-state index contributed by atoms with van der Waals surface area (Å²) in [6.07, 6.45) is 8.11. The quantitative estimate of drug-likeness (QED) is 0.406. The Morgan fingerprint density at radius 3 is 2.88 bits per heavy atom. The number of benzene rings is 1. The van der Waals surface area contributed by atoms with Crippen molar-refractivity contribution in [2.45, 2.75) is 26.2 Å². The summed E-state index contributed by atoms with van der Waals surface area (Å²) in [7, 11) is 0. The summed E-state index contributed by atoms with van der Waals surface area (Å²) in [5, 5.41) is 18.6. The van der Waals surface area contributed by atoms with Crippen LogP contribution in [0.25, 0.3) is 27.8 Å². The number of nitrogens with one attached hydrogen (secondary N) is 2. The summed E-state index contributed by atoms with van der Waals surface area (Å²) in [5.41, 5.74) is 6.39. The van der Waals surface area contributed by atoms with Gasteiger partial charge in [-0.05, 0) is 30.0 Å². The van der Waals surface area contributed by atoms with E-state index in [1.807, 2.05) is 28.9 Å². The van der Waals surface area contributed by atoms with Gasteiger partial charge in [0.1, 0.15) is 11.9 Å². The highest BCUT2D eigenvalue weighted by Gasteiger charge is 2.15. The van der Waals surface area contributed by atoms with E-state index >= 15 is 0 Å². The third kappa shape index (κ3) is 3.56. The van der Waals surface area contributed by atoms with Gasteiger partial charge < -0.3 is 10.3 Å². The number of aromatic amines is 1. The van der Waals surface area contributed by atoms with Gasteiger partial charge >= 0.3 is 0 Å². The zero-order chi connectivity index (χ0) is 22.1. The summed E-state index contributed by atoms with van der Waals surface area (Å²) in [4.78, 5) is 12.4. The molecule has 7 heteroatoms. The largest absolute Gasteiger partial charge is 0.370 e. The zero-order valence-corrected chi connectivity index (χ0v) is 18.0. The third-order valence-corrected chi connectivity index (χ3v) is 5.66. The summed E-state index contributed by atoms with van der Waals surface area (Å²) in [5.74, 6) is 1.15. The van der Waals surface area contributed by atoms with Crippen LogP contribution >= 0.6 is 0 Å². The van der Waals surface area contributed by atoms with Crippen molar-refractivity contribution in [1.29, 1.82) is 5.26 Å². The molecule has 0 atom stereocenters. The fourth-order valence-electron chi connectivity index (χ4n) is 3.97. The van der Waals surface area contributed by atoms with Crippen molar-refractivity contribution in [3.05, 3.63) is 77.9 Å². The van der Waals surface area contributed by atoms with Crippen LogP contribution in [0.4, 0.5) is 5.82 Å². The van der Waals surface area contributed by atoms with Crippen LogP contribution in [-0.2, 0) is 6.42 Å². The Kier molecular flexibility index (Phi) is 5.04. The monoisotopic (exact) mass is 421 g/mol. The molecule has 32 heavy (non-hydrogen) atoms. The highest BCUT2D eigenvalue weighted by Crippen LogP contribution is 2.27. The van der Waals surface area contributed by atoms with Crippen LogP contribution in [0.15, 0.2) is 61.2 Å². The first-order valence-corrected chi connectivity index (χ1v) is 10.7. The van der Waals surface area contributed by atoms with E-state index in [2.05, 4.69) is 64.7 Å². The van der Waals surface area contributed by atoms with Crippen LogP contribution < -0.4 is 5.32 Å². The van der Waals surface area contributed by atoms with Crippen LogP contribution in [0.3, 0.4) is 0 Å². The highest BCUT2D eigenvalue weighted by atomic mass is 15.3. The summed E-state index contributed by atoms with van der Waals surface area (Å²) >= 11 is 0. The molecule has 0 fully saturated rings. The second-order valence-corrected chi connectivity index (χ2v) is 8.13. The highest BCUT2D eigenvalue weighted by molar-refractivity contribution is 5.83. The van der Waals surface area contributed by atoms with Crippen LogP contribution in [-0.4, -0.2) is 31.1 Å². The molecular weight excluding hydrogens is 398 g/mol. The lowest BCUT2D eigenvalue weighted by Crippen LogP contribution is -2.10. The topological polar surface area (TPSA) is 94.7 Å². The van der Waals surface area contributed by atoms with Crippen molar-refractivity contribution in [2.24, 2.45) is 0 Å². The number of anilines is 1. The van der Waals surface area contributed by atoms with Crippen LogP contribution in [0.5, 0.6) is 0 Å². The van der Waals surface area contributed by atoms with E-state index in [1.165, 1.54) is 10.9 Å². The first kappa shape index (κ1) is 19.8. The van der Waals surface area contributed by atoms with Crippen molar-refractivity contribution in [3.8, 4) is 17.3 Å². The molecule has 0 saturated carbocycles. The van der Waals surface area contributed by atoms with Crippen LogP contribution in [0.1, 0.15) is 36.5 Å². The molecule has 4 aromatic heterocycles. The number of rotatable bonds is 6. The number of nitrogens with zero attached hydrogens (tertiary/aromatic N) is 5. The first-order valence-electron chi connectivity index (χ1n) is 10.7. The Hall–Kier alpha value is -4.18. The number of nitriles is 1. The molecule has 158 valence electrons. The van der Waals surface area contributed by atoms with Gasteiger partial charge in [-0.15, -0.1) is 0 Å². The molecule has 0 bridgehead atoms. The fraction of sp³-hybridized carbons (Fsp3) is 0.200. The second-order valence-electron chi connectivity index (χ2n) is 8.13. The molecule has 1 aromatic carbocycles. The Balaban J connectivity index is 1.50. The van der Waals surface area contributed by atoms with Gasteiger partial charge in [-0.25, -0.2) is 4.98 Å². The number of para-hydroxylation sites is 1. The molecule has 0 aliphatic rings. The normalized spacial score (nSPS) is 11.3. The minimum atomic E-state index is 0.290. The molecule has 0 spiro atoms. The molecule has 4 heterocycles. The number of aromatic nitrogens is 5. The van der Waals surface area contributed by atoms with Gasteiger partial charge in [0.25, 0.3) is 0 Å². The standard InChI is InChI=1S/C25H23N7/c1-16(2)21-15-30-32-24(28-8-7-18-14-29-22-6-4-3-5-20(18)22)10-23(31-25(21)32)19-9-17(11-26)12-27-13-19/h3-6,9-10,12-16,28-29H,7-8H2,1-2H3. The Bertz CT molecular complexity index is 1450. The lowest BCUT2D eigenvalue weighted by molar-refractivity contribution is 0.871. The van der Waals surface area contributed by atoms with Gasteiger partial charge in [-0.3, -0.25) is 4.98 Å². The minimum Gasteiger partial charge on any atom is -0.370 e. The van der Waals surface area contributed by atoms with Crippen molar-refractivity contribution in [3.63, 3.8) is 0 Å². The maximum atomic E-state index is 9.26. The minimum absolute atomic E-state index is 0.290. The molecule has 0 unspecified atom stereocenters. The molecule has 0 radical (unpaired) electrons. The number of pyridine rings is 1. The van der Waals surface area contributed by atoms with E-state index in [9.17, 15) is 5.26 Å². The summed E-state index contributed by atoms with van der Waals surface area (Å²) in [6, 6.07) is 14.3. The van der Waals surface area contributed by atoms with E-state index in [1.54, 1.807) is 12.4 Å². The van der Waals surface area contributed by atoms with Gasteiger partial charge in [0.15, 0.2) is 5.65 Å². The maximum absolute atomic E-state index is 9.26. The van der Waals surface area contributed by atoms with E-state index < -0.39 is 0 Å². The van der Waals surface area contributed by atoms with Crippen molar-refractivity contribution >= 4 is 22.4 Å². The Labute approximate surface area is 185 Å². The summed E-state index contributed by atoms with van der Waals surface area (Å²) < 4.78 is 1.86. The maximum Gasteiger partial charge on any atom is 0.161 e. The van der Waals surface area contributed by atoms with Crippen molar-refractivity contribution in [2.75, 3.05) is 11.9 Å². The molecular formula is C25H23N7. The van der Waals surface area contributed by atoms with Gasteiger partial charge in [0.2, 0.25) is 0 Å². The SMILES string of the molecule is CC(C)c1cnn2c(NCCc3c[nH]c4ccccc34)cc(-c3cncc(C#N)c3)nc12. The lowest BCUT2D eigenvalue weighted by atomic mass is 10.1. The predicted octanol–water partition coefficient (Wildman–Crippen LogP) is 4.92. The Morgan fingerprint density at radius 1 is 1.16 bits per heavy atom. The smallest absolute Gasteiger partial charge is 0.161 e. The zero-order valence-electron chi connectivity index (χ0n) is 18.0. The molecule has 5 aromatic rings. The molecule has 7 nitrogen and oxygen atoms in total. The van der Waals surface area contributed by atoms with Gasteiger partial charge in [0, 0.05) is 53.2 Å². The first-order chi connectivity index (χ1) is 15.6. The number of hydrogen-bond donors (Lipinski definition) is 2. The van der Waals surface area contributed by atoms with Crippen LogP contribution in [0, 0.1) is 11.3 Å². The predicted molar refractivity (Wildman–Crippen MR) is 126 cm³/mol. The average Bonchev–Trinajstić information content (AvgIpc) is 3.43. The van der Waals surface area contributed by atoms with E-state index in [-0.39, 0.29) is 5.92 Å². The fourth-order valence-corrected chi connectivity index (χ4v) is 3.97. The molecule has 5 rings (SSSR count). The average molecular weight is 422 g/mol. The van der Waals surface area contributed by atoms with Crippen LogP contribution in [0.2, 0.25) is 0 Å². The molecule has 0 aliphatic carbocycles. The van der Waals surface area contributed by atoms with Gasteiger partial charge in [-0.1, -0.05) is 32.0 Å². The molecule has 0 saturated heterocycles. The lowest BCUT2D eigenvalue weighted by Gasteiger charge is -2.12. The van der Waals surface area contributed by atoms with Gasteiger partial charge in [0.05, 0.1) is 17.5 Å². The van der Waals surface area contributed by atoms with Crippen molar-refractivity contribution < 1.29 is 0 Å². The molecule has 2 N–H and O–H groups in total. The molecule has 0 aliphatic heterocycles. The summed E-state index contributed by atoms with van der Waals surface area (Å²) in [6.45, 7) is 5.01. The van der Waals surface area contributed by atoms with E-state index in [0.717, 1.165) is 46.8 Å².